The lowest BCUT2D eigenvalue weighted by atomic mass is 10.1. The standard InChI is InChI=1S/C11H13ClN2O3S/c12-9-2-1-8(11(15)16)10(14-9)13-7-3-5-18(17)6-4-7/h1-2,7H,3-6H2,(H,13,14)(H,15,16). The highest BCUT2D eigenvalue weighted by atomic mass is 35.5. The van der Waals surface area contributed by atoms with E-state index in [1.807, 2.05) is 0 Å². The fraction of sp³-hybridized carbons (Fsp3) is 0.455. The summed E-state index contributed by atoms with van der Waals surface area (Å²) in [5.41, 5.74) is 0.103. The van der Waals surface area contributed by atoms with E-state index in [1.54, 1.807) is 0 Å². The Morgan fingerprint density at radius 1 is 1.44 bits per heavy atom. The molecule has 1 aliphatic heterocycles. The van der Waals surface area contributed by atoms with E-state index in [2.05, 4.69) is 10.3 Å². The molecule has 1 saturated heterocycles. The molecular formula is C11H13ClN2O3S. The molecule has 5 nitrogen and oxygen atoms in total. The molecule has 2 N–H and O–H groups in total. The Morgan fingerprint density at radius 3 is 2.72 bits per heavy atom. The zero-order valence-corrected chi connectivity index (χ0v) is 11.1. The van der Waals surface area contributed by atoms with E-state index in [4.69, 9.17) is 16.7 Å². The number of pyridine rings is 1. The van der Waals surface area contributed by atoms with Crippen molar-refractivity contribution in [3.05, 3.63) is 22.8 Å². The number of halogens is 1. The maximum Gasteiger partial charge on any atom is 0.339 e. The third kappa shape index (κ3) is 3.20. The number of carbonyl (C=O) groups is 1. The van der Waals surface area contributed by atoms with Crippen LogP contribution in [0.3, 0.4) is 0 Å². The molecule has 0 spiro atoms. The van der Waals surface area contributed by atoms with Gasteiger partial charge in [-0.3, -0.25) is 4.21 Å². The molecule has 7 heteroatoms. The van der Waals surface area contributed by atoms with Crippen molar-refractivity contribution >= 4 is 34.2 Å². The Hall–Kier alpha value is -1.14. The number of rotatable bonds is 3. The van der Waals surface area contributed by atoms with Crippen LogP contribution in [0, 0.1) is 0 Å². The molecule has 1 fully saturated rings. The molecule has 98 valence electrons. The first kappa shape index (κ1) is 13.3. The molecule has 1 aliphatic rings. The van der Waals surface area contributed by atoms with Crippen molar-refractivity contribution < 1.29 is 14.1 Å². The van der Waals surface area contributed by atoms with Crippen molar-refractivity contribution in [3.8, 4) is 0 Å². The number of carboxylic acid groups (broad SMARTS) is 1. The van der Waals surface area contributed by atoms with Gasteiger partial charge in [0.15, 0.2) is 0 Å². The van der Waals surface area contributed by atoms with Crippen molar-refractivity contribution in [2.45, 2.75) is 18.9 Å². The summed E-state index contributed by atoms with van der Waals surface area (Å²) in [6, 6.07) is 2.99. The normalized spacial score (nSPS) is 23.6. The van der Waals surface area contributed by atoms with E-state index < -0.39 is 16.8 Å². The minimum atomic E-state index is -1.04. The molecule has 0 amide bonds. The highest BCUT2D eigenvalue weighted by molar-refractivity contribution is 7.85. The third-order valence-corrected chi connectivity index (χ3v) is 4.41. The summed E-state index contributed by atoms with van der Waals surface area (Å²) >= 11 is 5.77. The van der Waals surface area contributed by atoms with Crippen molar-refractivity contribution in [1.29, 1.82) is 0 Å². The Balaban J connectivity index is 2.15. The van der Waals surface area contributed by atoms with E-state index in [0.717, 1.165) is 12.8 Å². The molecule has 1 aromatic heterocycles. The highest BCUT2D eigenvalue weighted by Gasteiger charge is 2.20. The van der Waals surface area contributed by atoms with Gasteiger partial charge in [0.25, 0.3) is 0 Å². The smallest absolute Gasteiger partial charge is 0.339 e. The van der Waals surface area contributed by atoms with Gasteiger partial charge in [0.05, 0.1) is 0 Å². The fourth-order valence-electron chi connectivity index (χ4n) is 1.85. The molecule has 0 saturated carbocycles. The largest absolute Gasteiger partial charge is 0.478 e. The number of nitrogens with one attached hydrogen (secondary N) is 1. The maximum atomic E-state index is 11.2. The number of aromatic nitrogens is 1. The van der Waals surface area contributed by atoms with Crippen LogP contribution in [0.15, 0.2) is 12.1 Å². The van der Waals surface area contributed by atoms with E-state index in [-0.39, 0.29) is 22.6 Å². The SMILES string of the molecule is O=C(O)c1ccc(Cl)nc1NC1CCS(=O)CC1. The monoisotopic (exact) mass is 288 g/mol. The highest BCUT2D eigenvalue weighted by Crippen LogP contribution is 2.20. The van der Waals surface area contributed by atoms with Gasteiger partial charge in [0.2, 0.25) is 0 Å². The molecule has 0 unspecified atom stereocenters. The summed E-state index contributed by atoms with van der Waals surface area (Å²) in [4.78, 5) is 15.1. The van der Waals surface area contributed by atoms with Gasteiger partial charge >= 0.3 is 5.97 Å². The van der Waals surface area contributed by atoms with Gasteiger partial charge in [-0.05, 0) is 25.0 Å². The van der Waals surface area contributed by atoms with Crippen molar-refractivity contribution in [2.24, 2.45) is 0 Å². The van der Waals surface area contributed by atoms with Gasteiger partial charge in [-0.25, -0.2) is 9.78 Å². The summed E-state index contributed by atoms with van der Waals surface area (Å²) < 4.78 is 11.2. The van der Waals surface area contributed by atoms with Gasteiger partial charge in [-0.2, -0.15) is 0 Å². The quantitative estimate of drug-likeness (QED) is 0.829. The van der Waals surface area contributed by atoms with E-state index in [1.165, 1.54) is 12.1 Å². The lowest BCUT2D eigenvalue weighted by molar-refractivity contribution is 0.0697. The fourth-order valence-corrected chi connectivity index (χ4v) is 3.30. The van der Waals surface area contributed by atoms with Crippen LogP contribution >= 0.6 is 11.6 Å². The zero-order chi connectivity index (χ0) is 13.1. The first-order chi connectivity index (χ1) is 8.56. The van der Waals surface area contributed by atoms with Crippen LogP contribution in [0.2, 0.25) is 5.15 Å². The van der Waals surface area contributed by atoms with Crippen LogP contribution in [-0.4, -0.2) is 37.8 Å². The van der Waals surface area contributed by atoms with Gasteiger partial charge in [-0.1, -0.05) is 11.6 Å². The molecule has 2 rings (SSSR count). The molecule has 0 atom stereocenters. The number of hydrogen-bond acceptors (Lipinski definition) is 4. The summed E-state index contributed by atoms with van der Waals surface area (Å²) in [7, 11) is -0.740. The van der Waals surface area contributed by atoms with Crippen LogP contribution in [0.5, 0.6) is 0 Å². The van der Waals surface area contributed by atoms with Crippen molar-refractivity contribution in [1.82, 2.24) is 4.98 Å². The topological polar surface area (TPSA) is 79.3 Å². The maximum absolute atomic E-state index is 11.2. The Labute approximate surface area is 112 Å². The van der Waals surface area contributed by atoms with Gasteiger partial charge in [-0.15, -0.1) is 0 Å². The van der Waals surface area contributed by atoms with Gasteiger partial charge in [0, 0.05) is 28.3 Å². The number of hydrogen-bond donors (Lipinski definition) is 2. The lowest BCUT2D eigenvalue weighted by Crippen LogP contribution is -2.30. The van der Waals surface area contributed by atoms with Crippen molar-refractivity contribution in [2.75, 3.05) is 16.8 Å². The van der Waals surface area contributed by atoms with Crippen molar-refractivity contribution in [3.63, 3.8) is 0 Å². The molecule has 0 aromatic carbocycles. The lowest BCUT2D eigenvalue weighted by Gasteiger charge is -2.23. The van der Waals surface area contributed by atoms with Gasteiger partial charge in [0.1, 0.15) is 16.5 Å². The average molecular weight is 289 g/mol. The Morgan fingerprint density at radius 2 is 2.11 bits per heavy atom. The predicted octanol–water partition coefficient (Wildman–Crippen LogP) is 1.76. The minimum absolute atomic E-state index is 0.103. The van der Waals surface area contributed by atoms with Crippen LogP contribution in [-0.2, 0) is 10.8 Å². The average Bonchev–Trinajstić information content (AvgIpc) is 2.32. The summed E-state index contributed by atoms with van der Waals surface area (Å²) in [6.07, 6.45) is 1.50. The zero-order valence-electron chi connectivity index (χ0n) is 9.56. The number of carboxylic acids is 1. The molecule has 0 radical (unpaired) electrons. The second kappa shape index (κ2) is 5.67. The molecule has 0 aliphatic carbocycles. The molecule has 18 heavy (non-hydrogen) atoms. The van der Waals surface area contributed by atoms with Gasteiger partial charge < -0.3 is 10.4 Å². The second-order valence-electron chi connectivity index (χ2n) is 4.10. The van der Waals surface area contributed by atoms with Crippen LogP contribution in [0.4, 0.5) is 5.82 Å². The van der Waals surface area contributed by atoms with E-state index >= 15 is 0 Å². The van der Waals surface area contributed by atoms with Crippen LogP contribution < -0.4 is 5.32 Å². The first-order valence-corrected chi connectivity index (χ1v) is 7.44. The summed E-state index contributed by atoms with van der Waals surface area (Å²) in [5, 5.41) is 12.4. The number of nitrogens with zero attached hydrogens (tertiary/aromatic N) is 1. The third-order valence-electron chi connectivity index (χ3n) is 2.82. The number of aromatic carboxylic acids is 1. The minimum Gasteiger partial charge on any atom is -0.478 e. The molecule has 0 bridgehead atoms. The number of anilines is 1. The molecular weight excluding hydrogens is 276 g/mol. The van der Waals surface area contributed by atoms with Crippen LogP contribution in [0.1, 0.15) is 23.2 Å². The second-order valence-corrected chi connectivity index (χ2v) is 6.19. The van der Waals surface area contributed by atoms with Crippen LogP contribution in [0.25, 0.3) is 0 Å². The molecule has 1 aromatic rings. The Bertz CT molecular complexity index is 485. The van der Waals surface area contributed by atoms with E-state index in [9.17, 15) is 9.00 Å². The Kier molecular flexibility index (Phi) is 4.19. The first-order valence-electron chi connectivity index (χ1n) is 5.57. The molecule has 2 heterocycles. The predicted molar refractivity (Wildman–Crippen MR) is 70.7 cm³/mol. The van der Waals surface area contributed by atoms with E-state index in [0.29, 0.717) is 11.5 Å². The summed E-state index contributed by atoms with van der Waals surface area (Å²) in [6.45, 7) is 0. The summed E-state index contributed by atoms with van der Waals surface area (Å²) in [5.74, 6) is 0.523.